The van der Waals surface area contributed by atoms with Crippen LogP contribution in [0.15, 0.2) is 24.3 Å². The lowest BCUT2D eigenvalue weighted by Gasteiger charge is -2.04. The summed E-state index contributed by atoms with van der Waals surface area (Å²) >= 11 is 0. The molecule has 0 radical (unpaired) electrons. The molecule has 1 amide bonds. The fourth-order valence-corrected chi connectivity index (χ4v) is 0.647. The predicted molar refractivity (Wildman–Crippen MR) is 55.6 cm³/mol. The third kappa shape index (κ3) is 7.31. The van der Waals surface area contributed by atoms with Crippen LogP contribution in [-0.2, 0) is 19.1 Å². The van der Waals surface area contributed by atoms with E-state index in [-0.39, 0.29) is 18.7 Å². The van der Waals surface area contributed by atoms with Gasteiger partial charge in [-0.3, -0.25) is 4.79 Å². The van der Waals surface area contributed by atoms with Crippen molar-refractivity contribution in [3.05, 3.63) is 24.3 Å². The van der Waals surface area contributed by atoms with Crippen molar-refractivity contribution in [2.45, 2.75) is 6.92 Å². The van der Waals surface area contributed by atoms with Crippen LogP contribution >= 0.6 is 0 Å². The van der Waals surface area contributed by atoms with E-state index in [9.17, 15) is 14.4 Å². The summed E-state index contributed by atoms with van der Waals surface area (Å²) in [5.41, 5.74) is 0.275. The summed E-state index contributed by atoms with van der Waals surface area (Å²) in [6.07, 6.45) is 1.60. The molecule has 6 nitrogen and oxygen atoms in total. The third-order valence-electron chi connectivity index (χ3n) is 1.36. The van der Waals surface area contributed by atoms with E-state index < -0.39 is 17.8 Å². The summed E-state index contributed by atoms with van der Waals surface area (Å²) < 4.78 is 4.69. The molecule has 0 rings (SSSR count). The first-order chi connectivity index (χ1) is 7.43. The number of carbonyl (C=O) groups excluding carboxylic acids is 2. The highest BCUT2D eigenvalue weighted by Crippen LogP contribution is 1.90. The Hall–Kier alpha value is -2.11. The van der Waals surface area contributed by atoms with Crippen molar-refractivity contribution in [2.24, 2.45) is 0 Å². The zero-order chi connectivity index (χ0) is 12.6. The number of carboxylic acids is 1. The zero-order valence-electron chi connectivity index (χ0n) is 8.86. The number of carboxylic acid groups (broad SMARTS) is 1. The highest BCUT2D eigenvalue weighted by molar-refractivity contribution is 5.93. The van der Waals surface area contributed by atoms with E-state index in [1.165, 1.54) is 6.92 Å². The van der Waals surface area contributed by atoms with Crippen molar-refractivity contribution in [3.8, 4) is 0 Å². The van der Waals surface area contributed by atoms with Gasteiger partial charge >= 0.3 is 11.9 Å². The molecule has 0 aromatic carbocycles. The number of rotatable bonds is 6. The molecule has 0 fully saturated rings. The normalized spacial score (nSPS) is 9.81. The molecule has 0 bridgehead atoms. The molecule has 0 saturated carbocycles. The third-order valence-corrected chi connectivity index (χ3v) is 1.36. The maximum atomic E-state index is 10.9. The molecule has 0 aliphatic carbocycles. The van der Waals surface area contributed by atoms with E-state index in [0.29, 0.717) is 0 Å². The smallest absolute Gasteiger partial charge is 0.333 e. The monoisotopic (exact) mass is 227 g/mol. The van der Waals surface area contributed by atoms with Crippen molar-refractivity contribution in [1.82, 2.24) is 5.32 Å². The minimum atomic E-state index is -1.20. The second kappa shape index (κ2) is 7.22. The number of amides is 1. The Balaban J connectivity index is 3.67. The standard InChI is InChI=1S/C10H13NO5/c1-7(2)10(15)16-6-5-11-8(12)3-4-9(13)14/h3-4H,1,5-6H2,2H3,(H,11,12)(H,13,14). The van der Waals surface area contributed by atoms with Crippen LogP contribution in [0.1, 0.15) is 6.92 Å². The number of esters is 1. The van der Waals surface area contributed by atoms with Crippen LogP contribution in [0.2, 0.25) is 0 Å². The molecular weight excluding hydrogens is 214 g/mol. The average Bonchev–Trinajstić information content (AvgIpc) is 2.20. The molecule has 2 N–H and O–H groups in total. The van der Waals surface area contributed by atoms with Crippen molar-refractivity contribution in [3.63, 3.8) is 0 Å². The lowest BCUT2D eigenvalue weighted by Crippen LogP contribution is -2.26. The van der Waals surface area contributed by atoms with E-state index >= 15 is 0 Å². The quantitative estimate of drug-likeness (QED) is 0.374. The predicted octanol–water partition coefficient (Wildman–Crippen LogP) is -0.137. The summed E-state index contributed by atoms with van der Waals surface area (Å²) in [6, 6.07) is 0. The number of nitrogens with one attached hydrogen (secondary N) is 1. The van der Waals surface area contributed by atoms with Gasteiger partial charge in [0.05, 0.1) is 6.54 Å². The Morgan fingerprint density at radius 1 is 1.38 bits per heavy atom. The topological polar surface area (TPSA) is 92.7 Å². The number of carbonyl (C=O) groups is 3. The van der Waals surface area contributed by atoms with Crippen LogP contribution in [0, 0.1) is 0 Å². The SMILES string of the molecule is C=C(C)C(=O)OCCNC(=O)C=CC(=O)O. The first kappa shape index (κ1) is 13.9. The van der Waals surface area contributed by atoms with Crippen LogP contribution in [0.25, 0.3) is 0 Å². The maximum Gasteiger partial charge on any atom is 0.333 e. The largest absolute Gasteiger partial charge is 0.478 e. The molecule has 16 heavy (non-hydrogen) atoms. The summed E-state index contributed by atoms with van der Waals surface area (Å²) in [5.74, 6) is -2.30. The van der Waals surface area contributed by atoms with Gasteiger partial charge in [0.15, 0.2) is 0 Å². The van der Waals surface area contributed by atoms with E-state index in [4.69, 9.17) is 5.11 Å². The molecule has 0 atom stereocenters. The van der Waals surface area contributed by atoms with Crippen LogP contribution in [-0.4, -0.2) is 36.1 Å². The molecule has 0 aliphatic heterocycles. The molecule has 0 aromatic rings. The summed E-state index contributed by atoms with van der Waals surface area (Å²) in [5, 5.41) is 10.6. The molecule has 0 saturated heterocycles. The Labute approximate surface area is 92.6 Å². The first-order valence-electron chi connectivity index (χ1n) is 4.45. The van der Waals surface area contributed by atoms with Crippen LogP contribution in [0.4, 0.5) is 0 Å². The minimum absolute atomic E-state index is 0.0122. The molecule has 0 aliphatic rings. The van der Waals surface area contributed by atoms with Gasteiger partial charge < -0.3 is 15.2 Å². The Bertz CT molecular complexity index is 332. The van der Waals surface area contributed by atoms with Gasteiger partial charge in [-0.1, -0.05) is 6.58 Å². The van der Waals surface area contributed by atoms with E-state index in [1.54, 1.807) is 0 Å². The molecule has 0 unspecified atom stereocenters. The maximum absolute atomic E-state index is 10.9. The van der Waals surface area contributed by atoms with Crippen LogP contribution in [0.3, 0.4) is 0 Å². The summed E-state index contributed by atoms with van der Waals surface area (Å²) in [7, 11) is 0. The second-order valence-corrected chi connectivity index (χ2v) is 2.88. The molecular formula is C10H13NO5. The van der Waals surface area contributed by atoms with Crippen LogP contribution < -0.4 is 5.32 Å². The number of ether oxygens (including phenoxy) is 1. The molecule has 0 spiro atoms. The van der Waals surface area contributed by atoms with Gasteiger partial charge in [-0.15, -0.1) is 0 Å². The Kier molecular flexibility index (Phi) is 6.27. The Morgan fingerprint density at radius 3 is 2.50 bits per heavy atom. The fourth-order valence-electron chi connectivity index (χ4n) is 0.647. The highest BCUT2D eigenvalue weighted by Gasteiger charge is 2.02. The van der Waals surface area contributed by atoms with Gasteiger partial charge in [0, 0.05) is 17.7 Å². The van der Waals surface area contributed by atoms with Crippen molar-refractivity contribution < 1.29 is 24.2 Å². The summed E-state index contributed by atoms with van der Waals surface area (Å²) in [4.78, 5) is 31.8. The van der Waals surface area contributed by atoms with Gasteiger partial charge in [-0.25, -0.2) is 9.59 Å². The van der Waals surface area contributed by atoms with Gasteiger partial charge in [-0.05, 0) is 6.92 Å². The van der Waals surface area contributed by atoms with Gasteiger partial charge in [0.25, 0.3) is 0 Å². The Morgan fingerprint density at radius 2 is 2.00 bits per heavy atom. The first-order valence-corrected chi connectivity index (χ1v) is 4.45. The molecule has 0 aromatic heterocycles. The van der Waals surface area contributed by atoms with Gasteiger partial charge in [0.1, 0.15) is 6.61 Å². The zero-order valence-corrected chi connectivity index (χ0v) is 8.86. The number of hydrogen-bond donors (Lipinski definition) is 2. The lowest BCUT2D eigenvalue weighted by atomic mass is 10.4. The van der Waals surface area contributed by atoms with Gasteiger partial charge in [-0.2, -0.15) is 0 Å². The van der Waals surface area contributed by atoms with E-state index in [0.717, 1.165) is 12.2 Å². The second-order valence-electron chi connectivity index (χ2n) is 2.88. The molecule has 6 heteroatoms. The van der Waals surface area contributed by atoms with E-state index in [2.05, 4.69) is 16.6 Å². The lowest BCUT2D eigenvalue weighted by molar-refractivity contribution is -0.139. The van der Waals surface area contributed by atoms with Gasteiger partial charge in [0.2, 0.25) is 5.91 Å². The number of hydrogen-bond acceptors (Lipinski definition) is 4. The van der Waals surface area contributed by atoms with Crippen molar-refractivity contribution in [2.75, 3.05) is 13.2 Å². The number of aliphatic carboxylic acids is 1. The van der Waals surface area contributed by atoms with Crippen LogP contribution in [0.5, 0.6) is 0 Å². The average molecular weight is 227 g/mol. The molecule has 0 heterocycles. The van der Waals surface area contributed by atoms with Crippen molar-refractivity contribution >= 4 is 17.8 Å². The highest BCUT2D eigenvalue weighted by atomic mass is 16.5. The molecule has 88 valence electrons. The summed E-state index contributed by atoms with van der Waals surface area (Å²) in [6.45, 7) is 5.02. The van der Waals surface area contributed by atoms with E-state index in [1.807, 2.05) is 0 Å². The van der Waals surface area contributed by atoms with Crippen molar-refractivity contribution in [1.29, 1.82) is 0 Å². The minimum Gasteiger partial charge on any atom is -0.478 e. The fraction of sp³-hybridized carbons (Fsp3) is 0.300.